The van der Waals surface area contributed by atoms with Crippen LogP contribution in [-0.4, -0.2) is 36.6 Å². The number of likely N-dealkylation sites (N-methyl/N-ethyl adjacent to an activating group) is 1. The van der Waals surface area contributed by atoms with Crippen molar-refractivity contribution in [3.05, 3.63) is 0 Å². The van der Waals surface area contributed by atoms with Crippen LogP contribution < -0.4 is 5.32 Å². The zero-order chi connectivity index (χ0) is 14.9. The molecule has 3 rings (SSSR count). The lowest BCUT2D eigenvalue weighted by atomic mass is 9.71. The Morgan fingerprint density at radius 2 is 1.67 bits per heavy atom. The van der Waals surface area contributed by atoms with Gasteiger partial charge in [0.25, 0.3) is 0 Å². The first-order chi connectivity index (χ1) is 10.0. The molecule has 1 N–H and O–H groups in total. The fraction of sp³-hybridized carbons (Fsp3) is 1.00. The van der Waals surface area contributed by atoms with Gasteiger partial charge in [-0.1, -0.05) is 33.6 Å². The van der Waals surface area contributed by atoms with Gasteiger partial charge in [0.1, 0.15) is 0 Å². The third kappa shape index (κ3) is 3.47. The number of hydrogen-bond acceptors (Lipinski definition) is 2. The topological polar surface area (TPSA) is 15.3 Å². The molecular weight excluding hydrogens is 256 g/mol. The number of rotatable bonds is 3. The lowest BCUT2D eigenvalue weighted by Gasteiger charge is -2.50. The largest absolute Gasteiger partial charge is 0.313 e. The molecule has 0 aromatic carbocycles. The number of nitrogens with one attached hydrogen (secondary N) is 1. The van der Waals surface area contributed by atoms with Crippen molar-refractivity contribution in [2.75, 3.05) is 19.6 Å². The second-order valence-electron chi connectivity index (χ2n) is 8.88. The molecule has 1 aliphatic heterocycles. The second-order valence-corrected chi connectivity index (χ2v) is 8.88. The summed E-state index contributed by atoms with van der Waals surface area (Å²) in [6.45, 7) is 11.1. The maximum absolute atomic E-state index is 3.79. The van der Waals surface area contributed by atoms with E-state index in [1.165, 1.54) is 70.9 Å². The average molecular weight is 293 g/mol. The van der Waals surface area contributed by atoms with Crippen LogP contribution in [0, 0.1) is 10.8 Å². The Labute approximate surface area is 132 Å². The molecule has 0 aromatic heterocycles. The molecule has 0 radical (unpaired) electrons. The minimum atomic E-state index is 0.541. The Hall–Kier alpha value is -0.0800. The van der Waals surface area contributed by atoms with Crippen molar-refractivity contribution < 1.29 is 0 Å². The van der Waals surface area contributed by atoms with Crippen LogP contribution in [0.5, 0.6) is 0 Å². The second kappa shape index (κ2) is 6.20. The molecule has 2 unspecified atom stereocenters. The summed E-state index contributed by atoms with van der Waals surface area (Å²) in [5.74, 6) is 0. The summed E-state index contributed by atoms with van der Waals surface area (Å²) < 4.78 is 0. The van der Waals surface area contributed by atoms with Crippen LogP contribution in [0.25, 0.3) is 0 Å². The summed E-state index contributed by atoms with van der Waals surface area (Å²) in [4.78, 5) is 2.86. The molecule has 2 nitrogen and oxygen atoms in total. The highest BCUT2D eigenvalue weighted by molar-refractivity contribution is 4.98. The average Bonchev–Trinajstić information content (AvgIpc) is 2.90. The maximum atomic E-state index is 3.79. The van der Waals surface area contributed by atoms with Gasteiger partial charge in [-0.05, 0) is 75.4 Å². The monoisotopic (exact) mass is 292 g/mol. The Kier molecular flexibility index (Phi) is 4.66. The first kappa shape index (κ1) is 15.8. The van der Waals surface area contributed by atoms with E-state index in [2.05, 4.69) is 31.0 Å². The van der Waals surface area contributed by atoms with E-state index in [-0.39, 0.29) is 0 Å². The van der Waals surface area contributed by atoms with Crippen molar-refractivity contribution in [3.8, 4) is 0 Å². The van der Waals surface area contributed by atoms with Gasteiger partial charge < -0.3 is 5.32 Å². The number of hydrogen-bond donors (Lipinski definition) is 1. The van der Waals surface area contributed by atoms with Gasteiger partial charge in [0, 0.05) is 12.1 Å². The predicted molar refractivity (Wildman–Crippen MR) is 90.6 cm³/mol. The number of likely N-dealkylation sites (tertiary alicyclic amines) is 1. The Balaban J connectivity index is 1.63. The van der Waals surface area contributed by atoms with Crippen molar-refractivity contribution in [1.82, 2.24) is 10.2 Å². The number of piperidine rings is 1. The third-order valence-electron chi connectivity index (χ3n) is 6.82. The van der Waals surface area contributed by atoms with Crippen LogP contribution in [0.4, 0.5) is 0 Å². The van der Waals surface area contributed by atoms with Gasteiger partial charge in [-0.25, -0.2) is 0 Å². The van der Waals surface area contributed by atoms with E-state index in [0.29, 0.717) is 5.41 Å². The van der Waals surface area contributed by atoms with E-state index < -0.39 is 0 Å². The van der Waals surface area contributed by atoms with Crippen LogP contribution in [0.15, 0.2) is 0 Å². The van der Waals surface area contributed by atoms with Gasteiger partial charge in [0.15, 0.2) is 0 Å². The highest BCUT2D eigenvalue weighted by Crippen LogP contribution is 2.47. The summed E-state index contributed by atoms with van der Waals surface area (Å²) in [5, 5.41) is 3.79. The SMILES string of the molecule is CCNC1CCC(C)(C)CC1N1CCC2(CCCC2)CC1. The Morgan fingerprint density at radius 1 is 1.00 bits per heavy atom. The van der Waals surface area contributed by atoms with Crippen LogP contribution in [0.3, 0.4) is 0 Å². The van der Waals surface area contributed by atoms with Gasteiger partial charge in [-0.2, -0.15) is 0 Å². The first-order valence-electron chi connectivity index (χ1n) is 9.51. The summed E-state index contributed by atoms with van der Waals surface area (Å²) in [7, 11) is 0. The van der Waals surface area contributed by atoms with E-state index in [1.807, 2.05) is 0 Å². The molecule has 21 heavy (non-hydrogen) atoms. The zero-order valence-corrected chi connectivity index (χ0v) is 14.6. The van der Waals surface area contributed by atoms with E-state index in [9.17, 15) is 0 Å². The van der Waals surface area contributed by atoms with Gasteiger partial charge >= 0.3 is 0 Å². The minimum absolute atomic E-state index is 0.541. The standard InChI is InChI=1S/C19H36N2/c1-4-20-16-7-10-18(2,3)15-17(16)21-13-11-19(12-14-21)8-5-6-9-19/h16-17,20H,4-15H2,1-3H3. The fourth-order valence-corrected chi connectivity index (χ4v) is 5.39. The van der Waals surface area contributed by atoms with Gasteiger partial charge in [0.2, 0.25) is 0 Å². The van der Waals surface area contributed by atoms with E-state index in [1.54, 1.807) is 0 Å². The van der Waals surface area contributed by atoms with Crippen molar-refractivity contribution in [2.24, 2.45) is 10.8 Å². The highest BCUT2D eigenvalue weighted by atomic mass is 15.2. The van der Waals surface area contributed by atoms with Crippen molar-refractivity contribution >= 4 is 0 Å². The maximum Gasteiger partial charge on any atom is 0.0254 e. The highest BCUT2D eigenvalue weighted by Gasteiger charge is 2.42. The van der Waals surface area contributed by atoms with Crippen molar-refractivity contribution in [1.29, 1.82) is 0 Å². The molecular formula is C19H36N2. The van der Waals surface area contributed by atoms with Crippen molar-refractivity contribution in [3.63, 3.8) is 0 Å². The number of nitrogens with zero attached hydrogens (tertiary/aromatic N) is 1. The molecule has 1 spiro atoms. The molecule has 1 heterocycles. The summed E-state index contributed by atoms with van der Waals surface area (Å²) in [5.41, 5.74) is 1.30. The van der Waals surface area contributed by atoms with Crippen LogP contribution in [0.1, 0.15) is 78.6 Å². The molecule has 1 saturated heterocycles. The minimum Gasteiger partial charge on any atom is -0.313 e. The van der Waals surface area contributed by atoms with E-state index in [4.69, 9.17) is 0 Å². The van der Waals surface area contributed by atoms with Gasteiger partial charge in [0.05, 0.1) is 0 Å². The Bertz CT molecular complexity index is 333. The summed E-state index contributed by atoms with van der Waals surface area (Å²) in [6.07, 6.45) is 13.1. The first-order valence-corrected chi connectivity index (χ1v) is 9.51. The molecule has 3 fully saturated rings. The van der Waals surface area contributed by atoms with Crippen molar-refractivity contribution in [2.45, 2.75) is 90.6 Å². The van der Waals surface area contributed by atoms with Gasteiger partial charge in [-0.15, -0.1) is 0 Å². The Morgan fingerprint density at radius 3 is 2.29 bits per heavy atom. The van der Waals surface area contributed by atoms with Gasteiger partial charge in [-0.3, -0.25) is 4.90 Å². The van der Waals surface area contributed by atoms with E-state index >= 15 is 0 Å². The molecule has 0 aromatic rings. The lowest BCUT2D eigenvalue weighted by Crippen LogP contribution is -2.57. The quantitative estimate of drug-likeness (QED) is 0.838. The van der Waals surface area contributed by atoms with Crippen LogP contribution in [-0.2, 0) is 0 Å². The fourth-order valence-electron chi connectivity index (χ4n) is 5.39. The third-order valence-corrected chi connectivity index (χ3v) is 6.82. The van der Waals surface area contributed by atoms with E-state index in [0.717, 1.165) is 24.0 Å². The zero-order valence-electron chi connectivity index (χ0n) is 14.6. The lowest BCUT2D eigenvalue weighted by molar-refractivity contribution is 0.0186. The molecule has 0 bridgehead atoms. The molecule has 2 saturated carbocycles. The normalized spacial score (nSPS) is 36.1. The van der Waals surface area contributed by atoms with Crippen LogP contribution >= 0.6 is 0 Å². The molecule has 2 heteroatoms. The van der Waals surface area contributed by atoms with Crippen LogP contribution in [0.2, 0.25) is 0 Å². The smallest absolute Gasteiger partial charge is 0.0254 e. The molecule has 2 atom stereocenters. The molecule has 3 aliphatic rings. The molecule has 2 aliphatic carbocycles. The molecule has 122 valence electrons. The summed E-state index contributed by atoms with van der Waals surface area (Å²) >= 11 is 0. The summed E-state index contributed by atoms with van der Waals surface area (Å²) in [6, 6.07) is 1.52. The predicted octanol–water partition coefficient (Wildman–Crippen LogP) is 4.20. The molecule has 0 amide bonds.